The molecule has 0 radical (unpaired) electrons. The fraction of sp³-hybridized carbons (Fsp3) is 0.333. The molecule has 1 saturated heterocycles. The summed E-state index contributed by atoms with van der Waals surface area (Å²) < 4.78 is 0.991. The minimum Gasteiger partial charge on any atom is -0.310 e. The number of nitrogens with zero attached hydrogens (tertiary/aromatic N) is 1. The van der Waals surface area contributed by atoms with Crippen molar-refractivity contribution in [2.75, 3.05) is 6.54 Å². The van der Waals surface area contributed by atoms with E-state index in [9.17, 15) is 4.79 Å². The van der Waals surface area contributed by atoms with Crippen LogP contribution in [0.2, 0.25) is 0 Å². The number of hydrogen-bond donors (Lipinski definition) is 2. The molecule has 1 aliphatic rings. The number of amides is 2. The van der Waals surface area contributed by atoms with Gasteiger partial charge in [0.05, 0.1) is 0 Å². The second-order valence-electron chi connectivity index (χ2n) is 3.20. The Labute approximate surface area is 99.9 Å². The Morgan fingerprint density at radius 3 is 3.00 bits per heavy atom. The molecule has 1 aliphatic heterocycles. The van der Waals surface area contributed by atoms with Crippen LogP contribution in [0.1, 0.15) is 17.8 Å². The molecule has 0 aliphatic carbocycles. The van der Waals surface area contributed by atoms with Gasteiger partial charge in [-0.25, -0.2) is 4.79 Å². The molecule has 2 heterocycles. The first-order valence-electron chi connectivity index (χ1n) is 4.53. The zero-order valence-corrected chi connectivity index (χ0v) is 10.5. The van der Waals surface area contributed by atoms with Crippen molar-refractivity contribution in [3.63, 3.8) is 0 Å². The highest BCUT2D eigenvalue weighted by atomic mass is 79.9. The normalized spacial score (nSPS) is 20.9. The first kappa shape index (κ1) is 10.6. The van der Waals surface area contributed by atoms with E-state index >= 15 is 0 Å². The number of urea groups is 1. The van der Waals surface area contributed by atoms with Crippen LogP contribution in [0.3, 0.4) is 0 Å². The maximum atomic E-state index is 11.5. The van der Waals surface area contributed by atoms with Gasteiger partial charge >= 0.3 is 6.03 Å². The van der Waals surface area contributed by atoms with Gasteiger partial charge in [0.2, 0.25) is 0 Å². The van der Waals surface area contributed by atoms with E-state index < -0.39 is 0 Å². The van der Waals surface area contributed by atoms with Gasteiger partial charge in [-0.15, -0.1) is 11.3 Å². The first-order chi connectivity index (χ1) is 7.13. The quantitative estimate of drug-likeness (QED) is 0.863. The van der Waals surface area contributed by atoms with Crippen molar-refractivity contribution in [3.05, 3.63) is 20.8 Å². The molecule has 1 fully saturated rings. The van der Waals surface area contributed by atoms with E-state index in [-0.39, 0.29) is 17.9 Å². The van der Waals surface area contributed by atoms with Gasteiger partial charge in [-0.1, -0.05) is 0 Å². The molecule has 0 spiro atoms. The van der Waals surface area contributed by atoms with E-state index in [1.165, 1.54) is 0 Å². The van der Waals surface area contributed by atoms with Crippen molar-refractivity contribution in [2.45, 2.75) is 13.0 Å². The monoisotopic (exact) mass is 287 g/mol. The van der Waals surface area contributed by atoms with Crippen molar-refractivity contribution >= 4 is 39.1 Å². The minimum absolute atomic E-state index is 0.183. The number of likely N-dealkylation sites (N-methyl/N-ethyl adjacent to an activating group) is 1. The van der Waals surface area contributed by atoms with Gasteiger partial charge in [0.15, 0.2) is 0 Å². The smallest absolute Gasteiger partial charge is 0.310 e. The van der Waals surface area contributed by atoms with Crippen LogP contribution >= 0.6 is 27.3 Å². The summed E-state index contributed by atoms with van der Waals surface area (Å²) in [5.41, 5.74) is 0. The van der Waals surface area contributed by atoms with Crippen molar-refractivity contribution < 1.29 is 4.79 Å². The molecule has 80 valence electrons. The maximum absolute atomic E-state index is 11.5. The Bertz CT molecular complexity index is 417. The highest BCUT2D eigenvalue weighted by molar-refractivity contribution is 9.10. The van der Waals surface area contributed by atoms with Crippen LogP contribution in [0.4, 0.5) is 4.79 Å². The van der Waals surface area contributed by atoms with Gasteiger partial charge in [0, 0.05) is 21.3 Å². The number of carbonyl (C=O) groups is 1. The predicted octanol–water partition coefficient (Wildman–Crippen LogP) is 2.57. The number of halogens is 1. The fourth-order valence-electron chi connectivity index (χ4n) is 1.62. The van der Waals surface area contributed by atoms with Gasteiger partial charge in [-0.2, -0.15) is 0 Å². The third kappa shape index (κ3) is 1.79. The summed E-state index contributed by atoms with van der Waals surface area (Å²) in [6.45, 7) is 2.52. The highest BCUT2D eigenvalue weighted by Crippen LogP contribution is 2.32. The van der Waals surface area contributed by atoms with Crippen LogP contribution in [0.25, 0.3) is 0 Å². The third-order valence-electron chi connectivity index (χ3n) is 2.29. The van der Waals surface area contributed by atoms with Crippen molar-refractivity contribution in [1.29, 1.82) is 5.41 Å². The van der Waals surface area contributed by atoms with Crippen molar-refractivity contribution in [3.8, 4) is 0 Å². The van der Waals surface area contributed by atoms with Crippen LogP contribution < -0.4 is 5.32 Å². The zero-order valence-electron chi connectivity index (χ0n) is 8.08. The van der Waals surface area contributed by atoms with Gasteiger partial charge in [0.25, 0.3) is 0 Å². The molecule has 6 heteroatoms. The Hall–Kier alpha value is -0.880. The van der Waals surface area contributed by atoms with Gasteiger partial charge in [-0.05, 0) is 28.9 Å². The number of thiophene rings is 1. The summed E-state index contributed by atoms with van der Waals surface area (Å²) in [5.74, 6) is 0.260. The summed E-state index contributed by atoms with van der Waals surface area (Å²) in [7, 11) is 0. The number of carbonyl (C=O) groups excluding carboxylic acids is 1. The molecule has 15 heavy (non-hydrogen) atoms. The number of nitrogens with one attached hydrogen (secondary N) is 2. The van der Waals surface area contributed by atoms with Crippen LogP contribution in [-0.4, -0.2) is 23.3 Å². The van der Waals surface area contributed by atoms with E-state index in [0.29, 0.717) is 6.54 Å². The molecule has 0 saturated carbocycles. The Morgan fingerprint density at radius 1 is 1.73 bits per heavy atom. The summed E-state index contributed by atoms with van der Waals surface area (Å²) in [4.78, 5) is 14.1. The average molecular weight is 288 g/mol. The average Bonchev–Trinajstić information content (AvgIpc) is 2.70. The number of amidine groups is 1. The Balaban J connectivity index is 2.34. The summed E-state index contributed by atoms with van der Waals surface area (Å²) in [6.07, 6.45) is 0. The molecule has 4 nitrogen and oxygen atoms in total. The standard InChI is InChI=1S/C9H10BrN3OS/c1-2-13-7(8(11)12-9(13)14)6-3-5(10)4-15-6/h3-4,7H,2H2,1H3,(H2,11,12,14). The molecular formula is C9H10BrN3OS. The van der Waals surface area contributed by atoms with Crippen LogP contribution in [0.15, 0.2) is 15.9 Å². The van der Waals surface area contributed by atoms with Crippen molar-refractivity contribution in [2.24, 2.45) is 0 Å². The van der Waals surface area contributed by atoms with E-state index in [0.717, 1.165) is 9.35 Å². The molecule has 1 atom stereocenters. The Morgan fingerprint density at radius 2 is 2.47 bits per heavy atom. The van der Waals surface area contributed by atoms with Gasteiger partial charge < -0.3 is 4.90 Å². The van der Waals surface area contributed by atoms with E-state index in [2.05, 4.69) is 21.2 Å². The first-order valence-corrected chi connectivity index (χ1v) is 6.20. The molecule has 2 N–H and O–H groups in total. The lowest BCUT2D eigenvalue weighted by atomic mass is 10.2. The predicted molar refractivity (Wildman–Crippen MR) is 63.4 cm³/mol. The van der Waals surface area contributed by atoms with Crippen LogP contribution in [0.5, 0.6) is 0 Å². The molecule has 1 aromatic rings. The van der Waals surface area contributed by atoms with E-state index in [4.69, 9.17) is 5.41 Å². The largest absolute Gasteiger partial charge is 0.323 e. The second-order valence-corrected chi connectivity index (χ2v) is 5.06. The molecule has 2 rings (SSSR count). The molecule has 0 bridgehead atoms. The third-order valence-corrected chi connectivity index (χ3v) is 4.03. The van der Waals surface area contributed by atoms with Crippen molar-refractivity contribution in [1.82, 2.24) is 10.2 Å². The maximum Gasteiger partial charge on any atom is 0.323 e. The van der Waals surface area contributed by atoms with Gasteiger partial charge in [0.1, 0.15) is 11.9 Å². The second kappa shape index (κ2) is 3.94. The number of hydrogen-bond acceptors (Lipinski definition) is 3. The fourth-order valence-corrected chi connectivity index (χ4v) is 3.19. The highest BCUT2D eigenvalue weighted by Gasteiger charge is 2.36. The molecule has 0 aromatic carbocycles. The zero-order chi connectivity index (χ0) is 11.0. The summed E-state index contributed by atoms with van der Waals surface area (Å²) in [5, 5.41) is 12.2. The van der Waals surface area contributed by atoms with Crippen LogP contribution in [0, 0.1) is 5.41 Å². The SMILES string of the molecule is CCN1C(=O)NC(=N)C1c1cc(Br)cs1. The van der Waals surface area contributed by atoms with E-state index in [1.54, 1.807) is 16.2 Å². The molecule has 2 amide bonds. The molecule has 1 aromatic heterocycles. The lowest BCUT2D eigenvalue weighted by Gasteiger charge is -2.19. The van der Waals surface area contributed by atoms with Gasteiger partial charge in [-0.3, -0.25) is 10.7 Å². The van der Waals surface area contributed by atoms with Crippen LogP contribution in [-0.2, 0) is 0 Å². The molecule has 1 unspecified atom stereocenters. The number of rotatable bonds is 2. The topological polar surface area (TPSA) is 56.2 Å². The van der Waals surface area contributed by atoms with E-state index in [1.807, 2.05) is 18.4 Å². The lowest BCUT2D eigenvalue weighted by Crippen LogP contribution is -2.29. The minimum atomic E-state index is -0.237. The lowest BCUT2D eigenvalue weighted by molar-refractivity contribution is 0.209. The summed E-state index contributed by atoms with van der Waals surface area (Å²) in [6, 6.07) is 1.53. The molecular weight excluding hydrogens is 278 g/mol. The summed E-state index contributed by atoms with van der Waals surface area (Å²) >= 11 is 4.92. The Kier molecular flexibility index (Phi) is 2.79.